The third-order valence-electron chi connectivity index (χ3n) is 2.74. The molecule has 2 rings (SSSR count). The van der Waals surface area contributed by atoms with E-state index in [-0.39, 0.29) is 11.8 Å². The Kier molecular flexibility index (Phi) is 3.24. The van der Waals surface area contributed by atoms with E-state index in [1.165, 1.54) is 5.56 Å². The van der Waals surface area contributed by atoms with Crippen LogP contribution in [0.15, 0.2) is 16.8 Å². The molecule has 2 N–H and O–H groups in total. The molecule has 0 saturated heterocycles. The van der Waals surface area contributed by atoms with Crippen molar-refractivity contribution >= 4 is 23.2 Å². The summed E-state index contributed by atoms with van der Waals surface area (Å²) >= 11 is 1.63. The lowest BCUT2D eigenvalue weighted by atomic mass is 10.2. The molecule has 16 heavy (non-hydrogen) atoms. The molecule has 0 spiro atoms. The summed E-state index contributed by atoms with van der Waals surface area (Å²) in [6, 6.07) is 2.02. The highest BCUT2D eigenvalue weighted by molar-refractivity contribution is 7.07. The van der Waals surface area contributed by atoms with E-state index in [1.54, 1.807) is 11.3 Å². The fourth-order valence-electron chi connectivity index (χ4n) is 1.65. The van der Waals surface area contributed by atoms with E-state index in [9.17, 15) is 9.59 Å². The number of nitrogens with one attached hydrogen (secondary N) is 1. The van der Waals surface area contributed by atoms with Crippen molar-refractivity contribution in [1.29, 1.82) is 0 Å². The third-order valence-corrected chi connectivity index (χ3v) is 3.47. The average molecular weight is 239 g/mol. The zero-order chi connectivity index (χ0) is 11.5. The smallest absolute Gasteiger partial charge is 0.307 e. The van der Waals surface area contributed by atoms with Crippen LogP contribution < -0.4 is 5.32 Å². The van der Waals surface area contributed by atoms with Crippen molar-refractivity contribution in [2.24, 2.45) is 11.8 Å². The predicted octanol–water partition coefficient (Wildman–Crippen LogP) is 1.13. The molecular weight excluding hydrogens is 226 g/mol. The van der Waals surface area contributed by atoms with Gasteiger partial charge < -0.3 is 10.4 Å². The number of thiophene rings is 1. The molecule has 1 amide bonds. The van der Waals surface area contributed by atoms with Crippen LogP contribution in [-0.2, 0) is 16.0 Å². The Morgan fingerprint density at radius 1 is 1.50 bits per heavy atom. The van der Waals surface area contributed by atoms with E-state index in [4.69, 9.17) is 5.11 Å². The van der Waals surface area contributed by atoms with Crippen LogP contribution in [0.5, 0.6) is 0 Å². The summed E-state index contributed by atoms with van der Waals surface area (Å²) < 4.78 is 0. The minimum atomic E-state index is -0.863. The van der Waals surface area contributed by atoms with Gasteiger partial charge in [-0.2, -0.15) is 11.3 Å². The second kappa shape index (κ2) is 4.65. The van der Waals surface area contributed by atoms with Gasteiger partial charge >= 0.3 is 5.97 Å². The van der Waals surface area contributed by atoms with Gasteiger partial charge in [0, 0.05) is 6.54 Å². The summed E-state index contributed by atoms with van der Waals surface area (Å²) in [4.78, 5) is 22.0. The van der Waals surface area contributed by atoms with Gasteiger partial charge in [0.15, 0.2) is 0 Å². The Morgan fingerprint density at radius 3 is 2.88 bits per heavy atom. The minimum Gasteiger partial charge on any atom is -0.481 e. The summed E-state index contributed by atoms with van der Waals surface area (Å²) in [7, 11) is 0. The number of carboxylic acids is 1. The molecule has 1 aliphatic carbocycles. The third kappa shape index (κ3) is 2.61. The van der Waals surface area contributed by atoms with Crippen LogP contribution in [-0.4, -0.2) is 23.5 Å². The second-order valence-corrected chi connectivity index (χ2v) is 4.74. The molecule has 5 heteroatoms. The van der Waals surface area contributed by atoms with E-state index >= 15 is 0 Å². The van der Waals surface area contributed by atoms with E-state index in [0.29, 0.717) is 13.0 Å². The largest absolute Gasteiger partial charge is 0.481 e. The fourth-order valence-corrected chi connectivity index (χ4v) is 2.36. The fraction of sp³-hybridized carbons (Fsp3) is 0.455. The zero-order valence-corrected chi connectivity index (χ0v) is 9.50. The highest BCUT2D eigenvalue weighted by Crippen LogP contribution is 2.38. The number of hydrogen-bond donors (Lipinski definition) is 2. The lowest BCUT2D eigenvalue weighted by Gasteiger charge is -2.02. The van der Waals surface area contributed by atoms with Crippen LogP contribution in [0.3, 0.4) is 0 Å². The Balaban J connectivity index is 1.68. The van der Waals surface area contributed by atoms with Gasteiger partial charge in [-0.1, -0.05) is 0 Å². The normalized spacial score (nSPS) is 22.8. The number of carboxylic acid groups (broad SMARTS) is 1. The topological polar surface area (TPSA) is 66.4 Å². The van der Waals surface area contributed by atoms with E-state index in [2.05, 4.69) is 5.32 Å². The maximum Gasteiger partial charge on any atom is 0.307 e. The molecule has 86 valence electrons. The summed E-state index contributed by atoms with van der Waals surface area (Å²) in [6.07, 6.45) is 1.29. The van der Waals surface area contributed by atoms with Gasteiger partial charge in [0.05, 0.1) is 11.8 Å². The molecule has 1 saturated carbocycles. The van der Waals surface area contributed by atoms with Crippen molar-refractivity contribution in [2.45, 2.75) is 12.8 Å². The van der Waals surface area contributed by atoms with Crippen molar-refractivity contribution in [2.75, 3.05) is 6.54 Å². The molecule has 1 aliphatic rings. The first-order valence-corrected chi connectivity index (χ1v) is 6.14. The lowest BCUT2D eigenvalue weighted by molar-refractivity contribution is -0.140. The summed E-state index contributed by atoms with van der Waals surface area (Å²) in [6.45, 7) is 0.582. The van der Waals surface area contributed by atoms with Crippen LogP contribution in [0.25, 0.3) is 0 Å². The lowest BCUT2D eigenvalue weighted by Crippen LogP contribution is -2.28. The van der Waals surface area contributed by atoms with Gasteiger partial charge in [0.25, 0.3) is 0 Å². The number of amides is 1. The molecule has 1 fully saturated rings. The van der Waals surface area contributed by atoms with E-state index in [1.807, 2.05) is 16.8 Å². The highest BCUT2D eigenvalue weighted by Gasteiger charge is 2.48. The van der Waals surface area contributed by atoms with Crippen LogP contribution in [0, 0.1) is 11.8 Å². The molecule has 1 heterocycles. The Bertz CT molecular complexity index is 388. The monoisotopic (exact) mass is 239 g/mol. The summed E-state index contributed by atoms with van der Waals surface area (Å²) in [5.74, 6) is -1.75. The van der Waals surface area contributed by atoms with Gasteiger partial charge in [-0.05, 0) is 35.2 Å². The summed E-state index contributed by atoms with van der Waals surface area (Å²) in [5.41, 5.74) is 1.20. The Morgan fingerprint density at radius 2 is 2.31 bits per heavy atom. The van der Waals surface area contributed by atoms with Gasteiger partial charge in [-0.3, -0.25) is 9.59 Å². The Labute approximate surface area is 97.3 Å². The SMILES string of the molecule is O=C(O)[C@H]1C[C@H]1C(=O)NCCc1ccsc1. The van der Waals surface area contributed by atoms with Crippen LogP contribution in [0.1, 0.15) is 12.0 Å². The van der Waals surface area contributed by atoms with E-state index < -0.39 is 11.9 Å². The van der Waals surface area contributed by atoms with Crippen molar-refractivity contribution in [3.8, 4) is 0 Å². The van der Waals surface area contributed by atoms with Crippen LogP contribution in [0.4, 0.5) is 0 Å². The standard InChI is InChI=1S/C11H13NO3S/c13-10(8-5-9(8)11(14)15)12-3-1-7-2-4-16-6-7/h2,4,6,8-9H,1,3,5H2,(H,12,13)(H,14,15)/t8-,9+/m1/s1. The minimum absolute atomic E-state index is 0.123. The quantitative estimate of drug-likeness (QED) is 0.809. The van der Waals surface area contributed by atoms with Gasteiger partial charge in [0.2, 0.25) is 5.91 Å². The highest BCUT2D eigenvalue weighted by atomic mass is 32.1. The van der Waals surface area contributed by atoms with Crippen molar-refractivity contribution in [3.63, 3.8) is 0 Å². The zero-order valence-electron chi connectivity index (χ0n) is 8.68. The molecule has 0 bridgehead atoms. The van der Waals surface area contributed by atoms with Crippen molar-refractivity contribution in [1.82, 2.24) is 5.32 Å². The molecule has 1 aromatic heterocycles. The molecule has 2 atom stereocenters. The van der Waals surface area contributed by atoms with Gasteiger partial charge in [0.1, 0.15) is 0 Å². The molecule has 4 nitrogen and oxygen atoms in total. The number of carbonyl (C=O) groups excluding carboxylic acids is 1. The van der Waals surface area contributed by atoms with Gasteiger partial charge in [-0.25, -0.2) is 0 Å². The molecule has 0 radical (unpaired) electrons. The number of aliphatic carboxylic acids is 1. The Hall–Kier alpha value is -1.36. The van der Waals surface area contributed by atoms with Crippen molar-refractivity contribution in [3.05, 3.63) is 22.4 Å². The van der Waals surface area contributed by atoms with Crippen molar-refractivity contribution < 1.29 is 14.7 Å². The second-order valence-electron chi connectivity index (χ2n) is 3.96. The molecule has 0 aliphatic heterocycles. The maximum absolute atomic E-state index is 11.5. The molecule has 0 unspecified atom stereocenters. The first kappa shape index (κ1) is 11.1. The average Bonchev–Trinajstić information content (AvgIpc) is 2.90. The molecular formula is C11H13NO3S. The van der Waals surface area contributed by atoms with Crippen LogP contribution >= 0.6 is 11.3 Å². The van der Waals surface area contributed by atoms with Gasteiger partial charge in [-0.15, -0.1) is 0 Å². The number of hydrogen-bond acceptors (Lipinski definition) is 3. The maximum atomic E-state index is 11.5. The molecule has 0 aromatic carbocycles. The van der Waals surface area contributed by atoms with E-state index in [0.717, 1.165) is 6.42 Å². The predicted molar refractivity (Wildman–Crippen MR) is 60.3 cm³/mol. The molecule has 1 aromatic rings. The number of carbonyl (C=O) groups is 2. The van der Waals surface area contributed by atoms with Crippen LogP contribution in [0.2, 0.25) is 0 Å². The first-order chi connectivity index (χ1) is 7.68. The summed E-state index contributed by atoms with van der Waals surface area (Å²) in [5, 5.41) is 15.5. The number of rotatable bonds is 5. The first-order valence-electron chi connectivity index (χ1n) is 5.20.